The molecule has 0 radical (unpaired) electrons. The summed E-state index contributed by atoms with van der Waals surface area (Å²) in [6.07, 6.45) is 1.61. The number of hydrazone groups is 1. The van der Waals surface area contributed by atoms with Crippen LogP contribution in [0.15, 0.2) is 53.6 Å². The molecule has 0 aliphatic carbocycles. The monoisotopic (exact) mass is 297 g/mol. The molecule has 0 bridgehead atoms. The van der Waals surface area contributed by atoms with E-state index in [9.17, 15) is 4.79 Å². The minimum absolute atomic E-state index is 0.384. The van der Waals surface area contributed by atoms with Gasteiger partial charge in [0.2, 0.25) is 0 Å². The number of methoxy groups -OCH3 is 1. The molecule has 1 N–H and O–H groups in total. The first-order valence-electron chi connectivity index (χ1n) is 6.85. The van der Waals surface area contributed by atoms with Crippen LogP contribution in [0, 0.1) is 0 Å². The van der Waals surface area contributed by atoms with E-state index in [0.717, 1.165) is 11.4 Å². The van der Waals surface area contributed by atoms with Gasteiger partial charge in [0, 0.05) is 25.3 Å². The van der Waals surface area contributed by atoms with Gasteiger partial charge in [-0.25, -0.2) is 4.79 Å². The Morgan fingerprint density at radius 3 is 2.55 bits per heavy atom. The molecule has 0 saturated heterocycles. The van der Waals surface area contributed by atoms with Crippen LogP contribution in [0.5, 0.6) is 0 Å². The fourth-order valence-electron chi connectivity index (χ4n) is 1.91. The van der Waals surface area contributed by atoms with Crippen molar-refractivity contribution in [2.75, 3.05) is 31.5 Å². The first-order valence-corrected chi connectivity index (χ1v) is 6.85. The largest absolute Gasteiger partial charge is 0.465 e. The van der Waals surface area contributed by atoms with E-state index in [1.165, 1.54) is 7.11 Å². The average molecular weight is 297 g/mol. The van der Waals surface area contributed by atoms with Gasteiger partial charge in [0.15, 0.2) is 0 Å². The number of ether oxygens (including phenoxy) is 1. The highest BCUT2D eigenvalue weighted by Gasteiger charge is 2.12. The second-order valence-electron chi connectivity index (χ2n) is 4.89. The Labute approximate surface area is 130 Å². The molecule has 22 heavy (non-hydrogen) atoms. The third kappa shape index (κ3) is 3.85. The van der Waals surface area contributed by atoms with Gasteiger partial charge in [-0.1, -0.05) is 24.3 Å². The summed E-state index contributed by atoms with van der Waals surface area (Å²) >= 11 is 0. The van der Waals surface area contributed by atoms with E-state index < -0.39 is 0 Å². The van der Waals surface area contributed by atoms with Gasteiger partial charge in [0.1, 0.15) is 0 Å². The summed E-state index contributed by atoms with van der Waals surface area (Å²) in [5.41, 5.74) is 5.90. The Morgan fingerprint density at radius 2 is 1.91 bits per heavy atom. The Balaban J connectivity index is 2.24. The molecule has 0 aliphatic rings. The van der Waals surface area contributed by atoms with Crippen molar-refractivity contribution in [3.63, 3.8) is 0 Å². The first-order chi connectivity index (χ1) is 10.6. The number of carbonyl (C=O) groups is 1. The number of hydrogen-bond acceptors (Lipinski definition) is 5. The van der Waals surface area contributed by atoms with Crippen LogP contribution in [0.3, 0.4) is 0 Å². The van der Waals surface area contributed by atoms with E-state index in [-0.39, 0.29) is 5.97 Å². The lowest BCUT2D eigenvalue weighted by molar-refractivity contribution is 0.0600. The lowest BCUT2D eigenvalue weighted by Crippen LogP contribution is -2.12. The highest BCUT2D eigenvalue weighted by atomic mass is 16.5. The summed E-state index contributed by atoms with van der Waals surface area (Å²) in [4.78, 5) is 13.8. The van der Waals surface area contributed by atoms with Gasteiger partial charge in [-0.15, -0.1) is 0 Å². The molecule has 0 heterocycles. The third-order valence-corrected chi connectivity index (χ3v) is 3.13. The molecule has 2 aromatic carbocycles. The smallest absolute Gasteiger partial charge is 0.338 e. The van der Waals surface area contributed by atoms with Crippen molar-refractivity contribution in [3.05, 3.63) is 59.7 Å². The summed E-state index contributed by atoms with van der Waals surface area (Å²) in [6, 6.07) is 15.2. The molecule has 0 spiro atoms. The standard InChI is InChI=1S/C17H19N3O2/c1-20(2)15-10-9-13(16(11-15)17(21)22-3)12-18-19-14-7-5-4-6-8-14/h4-12,19H,1-3H3. The second-order valence-corrected chi connectivity index (χ2v) is 4.89. The molecule has 0 unspecified atom stereocenters. The molecular formula is C17H19N3O2. The van der Waals surface area contributed by atoms with Crippen molar-refractivity contribution in [1.82, 2.24) is 0 Å². The summed E-state index contributed by atoms with van der Waals surface area (Å²) in [5.74, 6) is -0.384. The van der Waals surface area contributed by atoms with E-state index in [4.69, 9.17) is 4.74 Å². The van der Waals surface area contributed by atoms with Crippen LogP contribution in [0.2, 0.25) is 0 Å². The lowest BCUT2D eigenvalue weighted by Gasteiger charge is -2.14. The van der Waals surface area contributed by atoms with Gasteiger partial charge in [-0.3, -0.25) is 5.43 Å². The van der Waals surface area contributed by atoms with Crippen molar-refractivity contribution < 1.29 is 9.53 Å². The van der Waals surface area contributed by atoms with E-state index in [0.29, 0.717) is 11.1 Å². The molecule has 2 rings (SSSR count). The summed E-state index contributed by atoms with van der Waals surface area (Å²) in [7, 11) is 5.20. The SMILES string of the molecule is COC(=O)c1cc(N(C)C)ccc1C=NNc1ccccc1. The number of anilines is 2. The van der Waals surface area contributed by atoms with E-state index in [1.807, 2.05) is 61.5 Å². The van der Waals surface area contributed by atoms with Gasteiger partial charge in [-0.05, 0) is 24.3 Å². The fraction of sp³-hybridized carbons (Fsp3) is 0.176. The van der Waals surface area contributed by atoms with Gasteiger partial charge in [-0.2, -0.15) is 5.10 Å². The minimum Gasteiger partial charge on any atom is -0.465 e. The molecular weight excluding hydrogens is 278 g/mol. The maximum Gasteiger partial charge on any atom is 0.338 e. The van der Waals surface area contributed by atoms with Crippen molar-refractivity contribution >= 4 is 23.6 Å². The van der Waals surface area contributed by atoms with Crippen molar-refractivity contribution in [1.29, 1.82) is 0 Å². The zero-order valence-corrected chi connectivity index (χ0v) is 12.9. The maximum absolute atomic E-state index is 11.9. The molecule has 0 aromatic heterocycles. The number of esters is 1. The molecule has 5 heteroatoms. The number of carbonyl (C=O) groups excluding carboxylic acids is 1. The molecule has 0 saturated carbocycles. The first kappa shape index (κ1) is 15.6. The predicted molar refractivity (Wildman–Crippen MR) is 89.8 cm³/mol. The predicted octanol–water partition coefficient (Wildman–Crippen LogP) is 2.99. The fourth-order valence-corrected chi connectivity index (χ4v) is 1.91. The molecule has 5 nitrogen and oxygen atoms in total. The Bertz CT molecular complexity index is 667. The van der Waals surface area contributed by atoms with Crippen LogP contribution in [0.25, 0.3) is 0 Å². The van der Waals surface area contributed by atoms with Crippen molar-refractivity contribution in [3.8, 4) is 0 Å². The molecule has 0 amide bonds. The van der Waals surface area contributed by atoms with Gasteiger partial charge in [0.25, 0.3) is 0 Å². The van der Waals surface area contributed by atoms with E-state index in [1.54, 1.807) is 12.3 Å². The molecule has 0 atom stereocenters. The summed E-state index contributed by atoms with van der Waals surface area (Å²) < 4.78 is 4.84. The Kier molecular flexibility index (Phi) is 5.14. The molecule has 114 valence electrons. The minimum atomic E-state index is -0.384. The quantitative estimate of drug-likeness (QED) is 0.524. The maximum atomic E-state index is 11.9. The van der Waals surface area contributed by atoms with Crippen LogP contribution in [-0.2, 0) is 4.74 Å². The lowest BCUT2D eigenvalue weighted by atomic mass is 10.1. The van der Waals surface area contributed by atoms with Gasteiger partial charge >= 0.3 is 5.97 Å². The van der Waals surface area contributed by atoms with Crippen LogP contribution in [0.1, 0.15) is 15.9 Å². The van der Waals surface area contributed by atoms with Crippen LogP contribution in [-0.4, -0.2) is 33.4 Å². The molecule has 0 aliphatic heterocycles. The van der Waals surface area contributed by atoms with Crippen molar-refractivity contribution in [2.24, 2.45) is 5.10 Å². The zero-order valence-electron chi connectivity index (χ0n) is 12.9. The van der Waals surface area contributed by atoms with E-state index >= 15 is 0 Å². The van der Waals surface area contributed by atoms with Crippen LogP contribution < -0.4 is 10.3 Å². The van der Waals surface area contributed by atoms with Crippen molar-refractivity contribution in [2.45, 2.75) is 0 Å². The topological polar surface area (TPSA) is 53.9 Å². The second kappa shape index (κ2) is 7.26. The van der Waals surface area contributed by atoms with E-state index in [2.05, 4.69) is 10.5 Å². The number of nitrogens with zero attached hydrogens (tertiary/aromatic N) is 2. The van der Waals surface area contributed by atoms with Gasteiger partial charge in [0.05, 0.1) is 24.6 Å². The molecule has 2 aromatic rings. The molecule has 0 fully saturated rings. The zero-order chi connectivity index (χ0) is 15.9. The van der Waals surface area contributed by atoms with Crippen LogP contribution >= 0.6 is 0 Å². The Hall–Kier alpha value is -2.82. The summed E-state index contributed by atoms with van der Waals surface area (Å²) in [5, 5.41) is 4.17. The third-order valence-electron chi connectivity index (χ3n) is 3.13. The highest BCUT2D eigenvalue weighted by Crippen LogP contribution is 2.18. The van der Waals surface area contributed by atoms with Crippen LogP contribution in [0.4, 0.5) is 11.4 Å². The number of nitrogens with one attached hydrogen (secondary N) is 1. The average Bonchev–Trinajstić information content (AvgIpc) is 2.55. The number of para-hydroxylation sites is 1. The Morgan fingerprint density at radius 1 is 1.18 bits per heavy atom. The van der Waals surface area contributed by atoms with Gasteiger partial charge < -0.3 is 9.64 Å². The number of rotatable bonds is 5. The highest BCUT2D eigenvalue weighted by molar-refractivity contribution is 6.00. The number of benzene rings is 2. The number of hydrogen-bond donors (Lipinski definition) is 1. The normalized spacial score (nSPS) is 10.5. The summed E-state index contributed by atoms with van der Waals surface area (Å²) in [6.45, 7) is 0.